The average Bonchev–Trinajstić information content (AvgIpc) is 3.62. The van der Waals surface area contributed by atoms with Gasteiger partial charge in [-0.25, -0.2) is 4.98 Å². The van der Waals surface area contributed by atoms with E-state index < -0.39 is 0 Å². The van der Waals surface area contributed by atoms with Crippen LogP contribution in [0.2, 0.25) is 0 Å². The first kappa shape index (κ1) is 23.2. The molecule has 6 nitrogen and oxygen atoms in total. The van der Waals surface area contributed by atoms with Gasteiger partial charge in [-0.3, -0.25) is 9.48 Å². The van der Waals surface area contributed by atoms with E-state index in [-0.39, 0.29) is 5.91 Å². The Bertz CT molecular complexity index is 1670. The van der Waals surface area contributed by atoms with Crippen LogP contribution in [0.25, 0.3) is 33.2 Å². The van der Waals surface area contributed by atoms with Crippen molar-refractivity contribution in [3.05, 3.63) is 83.7 Å². The van der Waals surface area contributed by atoms with Crippen LogP contribution in [0, 0.1) is 12.8 Å². The van der Waals surface area contributed by atoms with Crippen LogP contribution in [-0.4, -0.2) is 43.2 Å². The average molecular weight is 504 g/mol. The third kappa shape index (κ3) is 3.99. The maximum atomic E-state index is 13.6. The Kier molecular flexibility index (Phi) is 5.57. The maximum Gasteiger partial charge on any atom is 0.253 e. The number of carbonyl (C=O) groups excluding carboxylic acids is 1. The summed E-state index contributed by atoms with van der Waals surface area (Å²) in [6.07, 6.45) is 4.55. The SMILES string of the molecule is Cc1ccccc1-c1nn(C)c2cc(C(=O)N3CCC(c4nc5ccccc5n4CC4CC4)CC3)ccc12. The molecule has 1 aliphatic heterocycles. The molecule has 7 rings (SSSR count). The van der Waals surface area contributed by atoms with E-state index in [0.717, 1.165) is 71.6 Å². The Labute approximate surface area is 222 Å². The molecule has 0 spiro atoms. The number of aryl methyl sites for hydroxylation is 2. The van der Waals surface area contributed by atoms with Crippen molar-refractivity contribution in [2.75, 3.05) is 13.1 Å². The molecule has 38 heavy (non-hydrogen) atoms. The van der Waals surface area contributed by atoms with E-state index in [1.54, 1.807) is 0 Å². The zero-order valence-electron chi connectivity index (χ0n) is 22.1. The molecule has 0 N–H and O–H groups in total. The minimum atomic E-state index is 0.107. The van der Waals surface area contributed by atoms with Gasteiger partial charge in [0.2, 0.25) is 0 Å². The summed E-state index contributed by atoms with van der Waals surface area (Å²) >= 11 is 0. The fourth-order valence-electron chi connectivity index (χ4n) is 6.11. The highest BCUT2D eigenvalue weighted by Gasteiger charge is 2.30. The lowest BCUT2D eigenvalue weighted by Gasteiger charge is -2.32. The molecule has 0 unspecified atom stereocenters. The molecule has 6 heteroatoms. The van der Waals surface area contributed by atoms with Gasteiger partial charge >= 0.3 is 0 Å². The normalized spacial score (nSPS) is 16.5. The summed E-state index contributed by atoms with van der Waals surface area (Å²) in [5.41, 5.74) is 7.36. The van der Waals surface area contributed by atoms with Crippen LogP contribution in [0.15, 0.2) is 66.7 Å². The lowest BCUT2D eigenvalue weighted by atomic mass is 9.95. The first-order valence-corrected chi connectivity index (χ1v) is 13.8. The number of likely N-dealkylation sites (tertiary alicyclic amines) is 1. The number of nitrogens with zero attached hydrogens (tertiary/aromatic N) is 5. The van der Waals surface area contributed by atoms with Crippen molar-refractivity contribution in [1.82, 2.24) is 24.2 Å². The molecule has 192 valence electrons. The second-order valence-corrected chi connectivity index (χ2v) is 11.1. The summed E-state index contributed by atoms with van der Waals surface area (Å²) in [6.45, 7) is 4.70. The Morgan fingerprint density at radius 3 is 2.47 bits per heavy atom. The minimum absolute atomic E-state index is 0.107. The highest BCUT2D eigenvalue weighted by atomic mass is 16.2. The van der Waals surface area contributed by atoms with Crippen LogP contribution in [0.3, 0.4) is 0 Å². The highest BCUT2D eigenvalue weighted by molar-refractivity contribution is 6.01. The fraction of sp³-hybridized carbons (Fsp3) is 0.344. The lowest BCUT2D eigenvalue weighted by molar-refractivity contribution is 0.0710. The van der Waals surface area contributed by atoms with Crippen LogP contribution in [0.5, 0.6) is 0 Å². The summed E-state index contributed by atoms with van der Waals surface area (Å²) in [5.74, 6) is 2.50. The summed E-state index contributed by atoms with van der Waals surface area (Å²) < 4.78 is 4.36. The Balaban J connectivity index is 1.11. The van der Waals surface area contributed by atoms with Gasteiger partial charge < -0.3 is 9.47 Å². The topological polar surface area (TPSA) is 56.0 Å². The molecule has 2 fully saturated rings. The van der Waals surface area contributed by atoms with Gasteiger partial charge in [0.15, 0.2) is 0 Å². The number of imidazole rings is 1. The Morgan fingerprint density at radius 2 is 1.68 bits per heavy atom. The van der Waals surface area contributed by atoms with Gasteiger partial charge in [0, 0.05) is 49.1 Å². The molecule has 1 amide bonds. The molecule has 1 saturated heterocycles. The molecular weight excluding hydrogens is 470 g/mol. The zero-order valence-corrected chi connectivity index (χ0v) is 22.1. The summed E-state index contributed by atoms with van der Waals surface area (Å²) in [7, 11) is 1.96. The molecule has 5 aromatic rings. The van der Waals surface area contributed by atoms with Crippen LogP contribution in [-0.2, 0) is 13.6 Å². The Morgan fingerprint density at radius 1 is 0.921 bits per heavy atom. The molecule has 2 aliphatic rings. The summed E-state index contributed by atoms with van der Waals surface area (Å²) in [5, 5.41) is 5.89. The first-order chi connectivity index (χ1) is 18.6. The van der Waals surface area contributed by atoms with E-state index in [1.807, 2.05) is 40.9 Å². The van der Waals surface area contributed by atoms with Crippen molar-refractivity contribution in [3.63, 3.8) is 0 Å². The number of carbonyl (C=O) groups is 1. The second-order valence-electron chi connectivity index (χ2n) is 11.1. The van der Waals surface area contributed by atoms with E-state index >= 15 is 0 Å². The van der Waals surface area contributed by atoms with E-state index in [2.05, 4.69) is 54.0 Å². The highest BCUT2D eigenvalue weighted by Crippen LogP contribution is 2.36. The summed E-state index contributed by atoms with van der Waals surface area (Å²) in [4.78, 5) is 20.7. The van der Waals surface area contributed by atoms with E-state index in [9.17, 15) is 4.79 Å². The monoisotopic (exact) mass is 503 g/mol. The van der Waals surface area contributed by atoms with Crippen molar-refractivity contribution < 1.29 is 4.79 Å². The molecule has 0 radical (unpaired) electrons. The molecule has 1 saturated carbocycles. The third-order valence-corrected chi connectivity index (χ3v) is 8.47. The minimum Gasteiger partial charge on any atom is -0.339 e. The molecule has 1 aliphatic carbocycles. The number of fused-ring (bicyclic) bond motifs is 2. The number of amides is 1. The molecular formula is C32H33N5O. The predicted molar refractivity (Wildman–Crippen MR) is 151 cm³/mol. The van der Waals surface area contributed by atoms with Gasteiger partial charge in [0.05, 0.1) is 16.6 Å². The van der Waals surface area contributed by atoms with Gasteiger partial charge in [0.25, 0.3) is 5.91 Å². The van der Waals surface area contributed by atoms with E-state index in [1.165, 1.54) is 29.7 Å². The van der Waals surface area contributed by atoms with Gasteiger partial charge in [-0.2, -0.15) is 5.10 Å². The van der Waals surface area contributed by atoms with Crippen molar-refractivity contribution in [1.29, 1.82) is 0 Å². The number of hydrogen-bond donors (Lipinski definition) is 0. The van der Waals surface area contributed by atoms with Crippen LogP contribution >= 0.6 is 0 Å². The fourth-order valence-corrected chi connectivity index (χ4v) is 6.11. The smallest absolute Gasteiger partial charge is 0.253 e. The Hall–Kier alpha value is -3.93. The number of aromatic nitrogens is 4. The largest absolute Gasteiger partial charge is 0.339 e. The van der Waals surface area contributed by atoms with Crippen LogP contribution in [0.4, 0.5) is 0 Å². The van der Waals surface area contributed by atoms with E-state index in [0.29, 0.717) is 5.92 Å². The zero-order chi connectivity index (χ0) is 25.8. The number of benzene rings is 3. The quantitative estimate of drug-likeness (QED) is 0.282. The number of piperidine rings is 1. The van der Waals surface area contributed by atoms with Crippen molar-refractivity contribution >= 4 is 27.8 Å². The van der Waals surface area contributed by atoms with Gasteiger partial charge in [-0.15, -0.1) is 0 Å². The summed E-state index contributed by atoms with van der Waals surface area (Å²) in [6, 6.07) is 22.9. The van der Waals surface area contributed by atoms with Crippen molar-refractivity contribution in [2.45, 2.75) is 45.1 Å². The lowest BCUT2D eigenvalue weighted by Crippen LogP contribution is -2.38. The van der Waals surface area contributed by atoms with Gasteiger partial charge in [-0.05, 0) is 74.4 Å². The van der Waals surface area contributed by atoms with Gasteiger partial charge in [-0.1, -0.05) is 36.4 Å². The number of hydrogen-bond acceptors (Lipinski definition) is 3. The van der Waals surface area contributed by atoms with Gasteiger partial charge in [0.1, 0.15) is 11.5 Å². The first-order valence-electron chi connectivity index (χ1n) is 13.8. The third-order valence-electron chi connectivity index (χ3n) is 8.47. The predicted octanol–water partition coefficient (Wildman–Crippen LogP) is 6.33. The number of para-hydroxylation sites is 2. The van der Waals surface area contributed by atoms with Crippen molar-refractivity contribution in [3.8, 4) is 11.3 Å². The van der Waals surface area contributed by atoms with E-state index in [4.69, 9.17) is 10.1 Å². The maximum absolute atomic E-state index is 13.6. The standard InChI is InChI=1S/C32H33N5O/c1-21-7-3-4-8-25(21)30-26-14-13-24(19-29(26)35(2)34-30)32(38)36-17-15-23(16-18-36)31-33-27-9-5-6-10-28(27)37(31)20-22-11-12-22/h3-10,13-14,19,22-23H,11-12,15-18,20H2,1-2H3. The number of rotatable bonds is 5. The molecule has 0 atom stereocenters. The molecule has 3 aromatic carbocycles. The van der Waals surface area contributed by atoms with Crippen molar-refractivity contribution in [2.24, 2.45) is 13.0 Å². The molecule has 2 aromatic heterocycles. The molecule has 3 heterocycles. The van der Waals surface area contributed by atoms with Crippen LogP contribution in [0.1, 0.15) is 53.3 Å². The van der Waals surface area contributed by atoms with Crippen LogP contribution < -0.4 is 0 Å². The second kappa shape index (κ2) is 9.12. The molecule has 0 bridgehead atoms.